The third-order valence-electron chi connectivity index (χ3n) is 6.36. The number of anilines is 1. The van der Waals surface area contributed by atoms with Crippen LogP contribution < -0.4 is 10.1 Å². The van der Waals surface area contributed by atoms with Gasteiger partial charge in [0.05, 0.1) is 16.5 Å². The van der Waals surface area contributed by atoms with E-state index in [0.717, 1.165) is 32.4 Å². The molecule has 0 spiro atoms. The largest absolute Gasteiger partial charge is 0.482 e. The third kappa shape index (κ3) is 4.05. The van der Waals surface area contributed by atoms with Crippen LogP contribution in [0.5, 0.6) is 5.75 Å². The molecule has 2 amide bonds. The molecule has 9 heteroatoms. The summed E-state index contributed by atoms with van der Waals surface area (Å²) in [7, 11) is -3.78. The normalized spacial score (nSPS) is 23.5. The van der Waals surface area contributed by atoms with Crippen molar-refractivity contribution >= 4 is 27.5 Å². The molecule has 2 saturated heterocycles. The van der Waals surface area contributed by atoms with Crippen LogP contribution in [0.4, 0.5) is 5.69 Å². The molecule has 1 atom stereocenters. The summed E-state index contributed by atoms with van der Waals surface area (Å²) in [6.07, 6.45) is 3.39. The summed E-state index contributed by atoms with van der Waals surface area (Å²) in [5, 5.41) is 2.70. The molecule has 1 unspecified atom stereocenters. The van der Waals surface area contributed by atoms with Gasteiger partial charge in [0, 0.05) is 32.2 Å². The predicted octanol–water partition coefficient (Wildman–Crippen LogP) is 1.99. The van der Waals surface area contributed by atoms with Crippen LogP contribution in [0.1, 0.15) is 38.2 Å². The van der Waals surface area contributed by atoms with Gasteiger partial charge in [0.1, 0.15) is 5.75 Å². The van der Waals surface area contributed by atoms with Crippen molar-refractivity contribution in [3.05, 3.63) is 17.7 Å². The molecule has 3 aliphatic heterocycles. The van der Waals surface area contributed by atoms with Gasteiger partial charge >= 0.3 is 0 Å². The fourth-order valence-electron chi connectivity index (χ4n) is 4.48. The number of amides is 2. The molecule has 2 fully saturated rings. The first-order chi connectivity index (χ1) is 14.3. The Morgan fingerprint density at radius 1 is 1.17 bits per heavy atom. The highest BCUT2D eigenvalue weighted by molar-refractivity contribution is 7.89. The van der Waals surface area contributed by atoms with Gasteiger partial charge in [0.2, 0.25) is 15.9 Å². The van der Waals surface area contributed by atoms with E-state index in [1.807, 2.05) is 4.90 Å². The van der Waals surface area contributed by atoms with Crippen molar-refractivity contribution < 1.29 is 22.7 Å². The lowest BCUT2D eigenvalue weighted by atomic mass is 9.94. The number of fused-ring (bicyclic) bond motifs is 1. The molecule has 1 N–H and O–H groups in total. The summed E-state index contributed by atoms with van der Waals surface area (Å²) in [6, 6.07) is 3.11. The first-order valence-electron chi connectivity index (χ1n) is 10.6. The number of aryl methyl sites for hydroxylation is 1. The molecule has 164 valence electrons. The minimum atomic E-state index is -3.78. The maximum Gasteiger partial charge on any atom is 0.262 e. The molecule has 1 aromatic carbocycles. The van der Waals surface area contributed by atoms with Crippen molar-refractivity contribution in [1.29, 1.82) is 0 Å². The summed E-state index contributed by atoms with van der Waals surface area (Å²) in [5.74, 6) is 0.509. The van der Waals surface area contributed by atoms with Crippen molar-refractivity contribution in [2.75, 3.05) is 38.1 Å². The summed E-state index contributed by atoms with van der Waals surface area (Å²) in [5.41, 5.74) is 1.02. The fraction of sp³-hybridized carbons (Fsp3) is 0.619. The smallest absolute Gasteiger partial charge is 0.262 e. The molecular formula is C21H29N3O5S. The van der Waals surface area contributed by atoms with E-state index in [1.54, 1.807) is 13.0 Å². The van der Waals surface area contributed by atoms with Crippen LogP contribution in [0.25, 0.3) is 0 Å². The van der Waals surface area contributed by atoms with E-state index in [9.17, 15) is 18.0 Å². The fourth-order valence-corrected chi connectivity index (χ4v) is 6.23. The quantitative estimate of drug-likeness (QED) is 0.783. The average molecular weight is 436 g/mol. The van der Waals surface area contributed by atoms with Crippen LogP contribution in [0.2, 0.25) is 0 Å². The predicted molar refractivity (Wildman–Crippen MR) is 112 cm³/mol. The third-order valence-corrected chi connectivity index (χ3v) is 8.36. The van der Waals surface area contributed by atoms with Crippen LogP contribution in [-0.4, -0.2) is 62.2 Å². The Morgan fingerprint density at radius 2 is 1.90 bits per heavy atom. The highest BCUT2D eigenvalue weighted by atomic mass is 32.2. The summed E-state index contributed by atoms with van der Waals surface area (Å²) in [6.45, 7) is 5.90. The van der Waals surface area contributed by atoms with Gasteiger partial charge in [0.25, 0.3) is 5.91 Å². The van der Waals surface area contributed by atoms with E-state index in [4.69, 9.17) is 4.74 Å². The second-order valence-corrected chi connectivity index (χ2v) is 10.6. The molecule has 0 aliphatic carbocycles. The number of carbonyl (C=O) groups is 2. The number of ether oxygens (including phenoxy) is 1. The minimum absolute atomic E-state index is 0.0787. The van der Waals surface area contributed by atoms with E-state index in [0.29, 0.717) is 35.9 Å². The zero-order valence-corrected chi connectivity index (χ0v) is 18.3. The molecule has 1 aromatic rings. The molecular weight excluding hydrogens is 406 g/mol. The van der Waals surface area contributed by atoms with Crippen LogP contribution in [0, 0.1) is 18.8 Å². The van der Waals surface area contributed by atoms with E-state index >= 15 is 0 Å². The second kappa shape index (κ2) is 8.19. The van der Waals surface area contributed by atoms with Gasteiger partial charge in [-0.25, -0.2) is 8.42 Å². The van der Waals surface area contributed by atoms with Crippen LogP contribution in [-0.2, 0) is 19.6 Å². The molecule has 0 bridgehead atoms. The van der Waals surface area contributed by atoms with Gasteiger partial charge in [-0.15, -0.1) is 0 Å². The highest BCUT2D eigenvalue weighted by Crippen LogP contribution is 2.35. The average Bonchev–Trinajstić information content (AvgIpc) is 2.73. The zero-order valence-electron chi connectivity index (χ0n) is 17.5. The van der Waals surface area contributed by atoms with Crippen LogP contribution in [0.3, 0.4) is 0 Å². The zero-order chi connectivity index (χ0) is 21.5. The Labute approximate surface area is 177 Å². The van der Waals surface area contributed by atoms with Gasteiger partial charge in [-0.3, -0.25) is 9.59 Å². The molecule has 0 saturated carbocycles. The van der Waals surface area contributed by atoms with E-state index in [-0.39, 0.29) is 35.8 Å². The molecule has 4 rings (SSSR count). The molecule has 0 aromatic heterocycles. The van der Waals surface area contributed by atoms with Gasteiger partial charge in [-0.05, 0) is 50.2 Å². The van der Waals surface area contributed by atoms with E-state index in [2.05, 4.69) is 12.2 Å². The van der Waals surface area contributed by atoms with Crippen molar-refractivity contribution in [2.45, 2.75) is 44.4 Å². The van der Waals surface area contributed by atoms with Gasteiger partial charge < -0.3 is 15.0 Å². The van der Waals surface area contributed by atoms with Gasteiger partial charge in [-0.1, -0.05) is 6.92 Å². The highest BCUT2D eigenvalue weighted by Gasteiger charge is 2.37. The maximum absolute atomic E-state index is 13.4. The van der Waals surface area contributed by atoms with Gasteiger partial charge in [-0.2, -0.15) is 4.31 Å². The Hall–Kier alpha value is -2.13. The number of carbonyl (C=O) groups excluding carboxylic acids is 2. The molecule has 30 heavy (non-hydrogen) atoms. The van der Waals surface area contributed by atoms with Crippen molar-refractivity contribution in [3.8, 4) is 5.75 Å². The number of nitrogens with zero attached hydrogens (tertiary/aromatic N) is 2. The first kappa shape index (κ1) is 21.1. The van der Waals surface area contributed by atoms with Crippen molar-refractivity contribution in [3.63, 3.8) is 0 Å². The molecule has 3 heterocycles. The number of rotatable bonds is 3. The molecule has 8 nitrogen and oxygen atoms in total. The van der Waals surface area contributed by atoms with Crippen molar-refractivity contribution in [1.82, 2.24) is 9.21 Å². The Kier molecular flexibility index (Phi) is 5.76. The monoisotopic (exact) mass is 435 g/mol. The number of likely N-dealkylation sites (tertiary alicyclic amines) is 1. The summed E-state index contributed by atoms with van der Waals surface area (Å²) >= 11 is 0. The Bertz CT molecular complexity index is 954. The lowest BCUT2D eigenvalue weighted by Gasteiger charge is -2.37. The van der Waals surface area contributed by atoms with Crippen molar-refractivity contribution in [2.24, 2.45) is 11.8 Å². The van der Waals surface area contributed by atoms with E-state index < -0.39 is 10.0 Å². The first-order valence-corrected chi connectivity index (χ1v) is 12.1. The SMILES string of the molecule is Cc1cc2c(cc1S(=O)(=O)N1CCCC(C(=O)N3CCC(C)CC3)C1)OCC(=O)N2. The van der Waals surface area contributed by atoms with Crippen LogP contribution in [0.15, 0.2) is 17.0 Å². The maximum atomic E-state index is 13.4. The number of sulfonamides is 1. The molecule has 0 radical (unpaired) electrons. The Morgan fingerprint density at radius 3 is 2.63 bits per heavy atom. The number of hydrogen-bond donors (Lipinski definition) is 1. The summed E-state index contributed by atoms with van der Waals surface area (Å²) < 4.78 is 33.6. The lowest BCUT2D eigenvalue weighted by Crippen LogP contribution is -2.48. The number of piperidine rings is 2. The topological polar surface area (TPSA) is 96.0 Å². The van der Waals surface area contributed by atoms with Crippen LogP contribution >= 0.6 is 0 Å². The molecule has 3 aliphatic rings. The standard InChI is InChI=1S/C21H29N3O5S/c1-14-5-8-23(9-6-14)21(26)16-4-3-7-24(12-16)30(27,28)19-11-18-17(10-15(19)2)22-20(25)13-29-18/h10-11,14,16H,3-9,12-13H2,1-2H3,(H,22,25). The minimum Gasteiger partial charge on any atom is -0.482 e. The number of hydrogen-bond acceptors (Lipinski definition) is 5. The lowest BCUT2D eigenvalue weighted by molar-refractivity contribution is -0.138. The number of benzene rings is 1. The van der Waals surface area contributed by atoms with E-state index in [1.165, 1.54) is 10.4 Å². The second-order valence-electron chi connectivity index (χ2n) is 8.66. The summed E-state index contributed by atoms with van der Waals surface area (Å²) in [4.78, 5) is 26.6. The Balaban J connectivity index is 1.53. The number of nitrogens with one attached hydrogen (secondary N) is 1. The van der Waals surface area contributed by atoms with Gasteiger partial charge in [0.15, 0.2) is 6.61 Å².